The van der Waals surface area contributed by atoms with Gasteiger partial charge in [0.25, 0.3) is 0 Å². The average Bonchev–Trinajstić information content (AvgIpc) is 2.58. The van der Waals surface area contributed by atoms with Crippen molar-refractivity contribution in [1.82, 2.24) is 0 Å². The Morgan fingerprint density at radius 1 is 1.06 bits per heavy atom. The summed E-state index contributed by atoms with van der Waals surface area (Å²) in [4.78, 5) is 0. The van der Waals surface area contributed by atoms with E-state index in [9.17, 15) is 9.50 Å². The summed E-state index contributed by atoms with van der Waals surface area (Å²) in [5, 5.41) is 10.1. The van der Waals surface area contributed by atoms with E-state index in [-0.39, 0.29) is 5.82 Å². The van der Waals surface area contributed by atoms with Gasteiger partial charge in [-0.05, 0) is 30.0 Å². The molecule has 1 aromatic rings. The van der Waals surface area contributed by atoms with Crippen molar-refractivity contribution < 1.29 is 9.50 Å². The van der Waals surface area contributed by atoms with Gasteiger partial charge in [-0.25, -0.2) is 4.39 Å². The largest absolute Gasteiger partial charge is 0.388 e. The molecule has 1 aliphatic rings. The van der Waals surface area contributed by atoms with Crippen LogP contribution >= 0.6 is 0 Å². The molecule has 1 aromatic carbocycles. The molecular formula is C15H21FO. The molecular weight excluding hydrogens is 215 g/mol. The van der Waals surface area contributed by atoms with E-state index < -0.39 is 6.10 Å². The highest BCUT2D eigenvalue weighted by Crippen LogP contribution is 2.30. The zero-order valence-electron chi connectivity index (χ0n) is 10.2. The number of aliphatic hydroxyl groups excluding tert-OH is 1. The highest BCUT2D eigenvalue weighted by Gasteiger charge is 2.17. The van der Waals surface area contributed by atoms with Gasteiger partial charge in [-0.15, -0.1) is 0 Å². The van der Waals surface area contributed by atoms with Crippen molar-refractivity contribution >= 4 is 0 Å². The summed E-state index contributed by atoms with van der Waals surface area (Å²) in [7, 11) is 0. The highest BCUT2D eigenvalue weighted by molar-refractivity contribution is 5.18. The SMILES string of the molecule is OC(CC1CCCCCC1)c1ccc(F)cc1. The third-order valence-electron chi connectivity index (χ3n) is 3.79. The first-order valence-electron chi connectivity index (χ1n) is 6.69. The van der Waals surface area contributed by atoms with Crippen LogP contribution in [0.5, 0.6) is 0 Å². The van der Waals surface area contributed by atoms with Crippen molar-refractivity contribution in [3.05, 3.63) is 35.6 Å². The molecule has 2 heteroatoms. The minimum Gasteiger partial charge on any atom is -0.388 e. The maximum Gasteiger partial charge on any atom is 0.123 e. The molecule has 94 valence electrons. The fourth-order valence-corrected chi connectivity index (χ4v) is 2.74. The first kappa shape index (κ1) is 12.6. The van der Waals surface area contributed by atoms with Gasteiger partial charge in [0.2, 0.25) is 0 Å². The van der Waals surface area contributed by atoms with Crippen LogP contribution in [0.15, 0.2) is 24.3 Å². The molecule has 0 heterocycles. The van der Waals surface area contributed by atoms with E-state index in [1.807, 2.05) is 0 Å². The second kappa shape index (κ2) is 6.15. The van der Waals surface area contributed by atoms with Crippen LogP contribution in [0, 0.1) is 11.7 Å². The van der Waals surface area contributed by atoms with Gasteiger partial charge in [0.15, 0.2) is 0 Å². The predicted octanol–water partition coefficient (Wildman–Crippen LogP) is 4.22. The van der Waals surface area contributed by atoms with Crippen molar-refractivity contribution in [2.75, 3.05) is 0 Å². The molecule has 1 atom stereocenters. The number of aliphatic hydroxyl groups is 1. The van der Waals surface area contributed by atoms with Crippen molar-refractivity contribution in [3.63, 3.8) is 0 Å². The van der Waals surface area contributed by atoms with Crippen LogP contribution in [-0.2, 0) is 0 Å². The normalized spacial score (nSPS) is 19.9. The molecule has 1 nitrogen and oxygen atoms in total. The summed E-state index contributed by atoms with van der Waals surface area (Å²) in [5.41, 5.74) is 0.843. The molecule has 17 heavy (non-hydrogen) atoms. The Morgan fingerprint density at radius 2 is 1.65 bits per heavy atom. The Morgan fingerprint density at radius 3 is 2.24 bits per heavy atom. The van der Waals surface area contributed by atoms with Gasteiger partial charge >= 0.3 is 0 Å². The number of rotatable bonds is 3. The van der Waals surface area contributed by atoms with E-state index in [0.717, 1.165) is 12.0 Å². The Hall–Kier alpha value is -0.890. The van der Waals surface area contributed by atoms with Gasteiger partial charge in [-0.1, -0.05) is 50.7 Å². The fourth-order valence-electron chi connectivity index (χ4n) is 2.74. The van der Waals surface area contributed by atoms with Gasteiger partial charge in [0, 0.05) is 0 Å². The van der Waals surface area contributed by atoms with Crippen LogP contribution in [0.1, 0.15) is 56.6 Å². The zero-order valence-corrected chi connectivity index (χ0v) is 10.2. The Kier molecular flexibility index (Phi) is 4.55. The van der Waals surface area contributed by atoms with Crippen molar-refractivity contribution in [1.29, 1.82) is 0 Å². The molecule has 1 N–H and O–H groups in total. The summed E-state index contributed by atoms with van der Waals surface area (Å²) in [6.07, 6.45) is 8.12. The van der Waals surface area contributed by atoms with Crippen molar-refractivity contribution in [2.24, 2.45) is 5.92 Å². The molecule has 1 fully saturated rings. The maximum atomic E-state index is 12.8. The summed E-state index contributed by atoms with van der Waals surface area (Å²) < 4.78 is 12.8. The maximum absolute atomic E-state index is 12.8. The molecule has 1 aliphatic carbocycles. The smallest absolute Gasteiger partial charge is 0.123 e. The fraction of sp³-hybridized carbons (Fsp3) is 0.600. The van der Waals surface area contributed by atoms with Crippen LogP contribution in [0.25, 0.3) is 0 Å². The van der Waals surface area contributed by atoms with Gasteiger partial charge in [0.1, 0.15) is 5.82 Å². The molecule has 0 saturated heterocycles. The Balaban J connectivity index is 1.91. The lowest BCUT2D eigenvalue weighted by Gasteiger charge is -2.18. The lowest BCUT2D eigenvalue weighted by Crippen LogP contribution is -2.07. The number of benzene rings is 1. The third kappa shape index (κ3) is 3.81. The summed E-state index contributed by atoms with van der Waals surface area (Å²) in [6.45, 7) is 0. The van der Waals surface area contributed by atoms with Crippen molar-refractivity contribution in [3.8, 4) is 0 Å². The average molecular weight is 236 g/mol. The standard InChI is InChI=1S/C15H21FO/c16-14-9-7-13(8-10-14)15(17)11-12-5-3-1-2-4-6-12/h7-10,12,15,17H,1-6,11H2. The van der Waals surface area contributed by atoms with E-state index >= 15 is 0 Å². The molecule has 0 spiro atoms. The molecule has 0 amide bonds. The molecule has 0 aliphatic heterocycles. The molecule has 1 saturated carbocycles. The first-order valence-corrected chi connectivity index (χ1v) is 6.69. The van der Waals surface area contributed by atoms with Crippen LogP contribution in [0.3, 0.4) is 0 Å². The zero-order chi connectivity index (χ0) is 12.1. The number of halogens is 1. The van der Waals surface area contributed by atoms with E-state index in [0.29, 0.717) is 5.92 Å². The second-order valence-corrected chi connectivity index (χ2v) is 5.16. The summed E-state index contributed by atoms with van der Waals surface area (Å²) >= 11 is 0. The molecule has 0 radical (unpaired) electrons. The van der Waals surface area contributed by atoms with E-state index in [1.54, 1.807) is 12.1 Å². The molecule has 0 bridgehead atoms. The van der Waals surface area contributed by atoms with Crippen LogP contribution in [0.2, 0.25) is 0 Å². The number of hydrogen-bond acceptors (Lipinski definition) is 1. The van der Waals surface area contributed by atoms with Gasteiger partial charge in [-0.2, -0.15) is 0 Å². The monoisotopic (exact) mass is 236 g/mol. The van der Waals surface area contributed by atoms with E-state index in [1.165, 1.54) is 50.7 Å². The molecule has 0 aromatic heterocycles. The lowest BCUT2D eigenvalue weighted by molar-refractivity contribution is 0.139. The second-order valence-electron chi connectivity index (χ2n) is 5.16. The Labute approximate surface area is 103 Å². The topological polar surface area (TPSA) is 20.2 Å². The van der Waals surface area contributed by atoms with Crippen LogP contribution in [0.4, 0.5) is 4.39 Å². The van der Waals surface area contributed by atoms with E-state index in [4.69, 9.17) is 0 Å². The lowest BCUT2D eigenvalue weighted by atomic mass is 9.91. The predicted molar refractivity (Wildman–Crippen MR) is 67.2 cm³/mol. The summed E-state index contributed by atoms with van der Waals surface area (Å²) in [5.74, 6) is 0.396. The summed E-state index contributed by atoms with van der Waals surface area (Å²) in [6, 6.07) is 6.23. The first-order chi connectivity index (χ1) is 8.25. The van der Waals surface area contributed by atoms with Crippen molar-refractivity contribution in [2.45, 2.75) is 51.0 Å². The Bertz CT molecular complexity index is 325. The highest BCUT2D eigenvalue weighted by atomic mass is 19.1. The van der Waals surface area contributed by atoms with E-state index in [2.05, 4.69) is 0 Å². The van der Waals surface area contributed by atoms with Gasteiger partial charge in [-0.3, -0.25) is 0 Å². The van der Waals surface area contributed by atoms with Crippen LogP contribution < -0.4 is 0 Å². The van der Waals surface area contributed by atoms with Gasteiger partial charge in [0.05, 0.1) is 6.10 Å². The molecule has 2 rings (SSSR count). The minimum atomic E-state index is -0.432. The quantitative estimate of drug-likeness (QED) is 0.779. The number of hydrogen-bond donors (Lipinski definition) is 1. The van der Waals surface area contributed by atoms with Crippen LogP contribution in [-0.4, -0.2) is 5.11 Å². The van der Waals surface area contributed by atoms with Gasteiger partial charge < -0.3 is 5.11 Å². The third-order valence-corrected chi connectivity index (χ3v) is 3.79. The molecule has 1 unspecified atom stereocenters. The minimum absolute atomic E-state index is 0.240.